The van der Waals surface area contributed by atoms with E-state index < -0.39 is 0 Å². The summed E-state index contributed by atoms with van der Waals surface area (Å²) in [7, 11) is 0. The number of aryl methyl sites for hydroxylation is 3. The lowest BCUT2D eigenvalue weighted by Crippen LogP contribution is -1.87. The molecule has 0 aliphatic rings. The molecule has 6 aromatic heterocycles. The van der Waals surface area contributed by atoms with Gasteiger partial charge in [0.25, 0.3) is 0 Å². The molecular weight excluding hydrogens is 1060 g/mol. The van der Waals surface area contributed by atoms with Crippen LogP contribution in [-0.2, 0) is 12.8 Å². The Hall–Kier alpha value is -2.81. The molecule has 0 N–H and O–H groups in total. The molecule has 2 aromatic carbocycles. The number of hydrogen-bond acceptors (Lipinski definition) is 6. The first-order valence-electron chi connectivity index (χ1n) is 30.3. The van der Waals surface area contributed by atoms with Crippen LogP contribution >= 0.6 is 79.6 Å². The van der Waals surface area contributed by atoms with Crippen LogP contribution < -0.4 is 0 Å². The number of thiophene rings is 6. The molecule has 0 amide bonds. The molecule has 0 aliphatic heterocycles. The normalized spacial score (nSPS) is 12.2. The highest BCUT2D eigenvalue weighted by atomic mass is 35.5. The zero-order valence-electron chi connectivity index (χ0n) is 46.7. The van der Waals surface area contributed by atoms with Crippen LogP contribution in [0.1, 0.15) is 244 Å². The summed E-state index contributed by atoms with van der Waals surface area (Å²) < 4.78 is 9.34. The molecule has 408 valence electrons. The van der Waals surface area contributed by atoms with Gasteiger partial charge < -0.3 is 0 Å². The fourth-order valence-corrected chi connectivity index (χ4v) is 19.4. The minimum absolute atomic E-state index is 0.783. The number of rotatable bonds is 38. The first-order chi connectivity index (χ1) is 37.5. The number of hydrogen-bond donors (Lipinski definition) is 0. The molecule has 8 aromatic rings. The van der Waals surface area contributed by atoms with Crippen LogP contribution in [0.2, 0.25) is 5.02 Å². The van der Waals surface area contributed by atoms with Crippen molar-refractivity contribution in [3.05, 3.63) is 115 Å². The van der Waals surface area contributed by atoms with Crippen molar-refractivity contribution in [2.24, 2.45) is 0 Å². The molecule has 0 bridgehead atoms. The molecule has 6 heterocycles. The SMILES string of the molecule is CCCCCCCCCCCCCCCCCc1c(-c2ccc(/C=C/c3ccc(C)cc3)s2)sc2c1sc1c3sc(-c4ccc(/C=C/c5ccc(Cl)cc5)s4)c(CCCCCCCCCCCCCCCCC)c3sc21. The van der Waals surface area contributed by atoms with Crippen LogP contribution in [0.25, 0.3) is 72.0 Å². The molecule has 7 heteroatoms. The summed E-state index contributed by atoms with van der Waals surface area (Å²) in [5, 5.41) is 0.783. The van der Waals surface area contributed by atoms with E-state index in [0.29, 0.717) is 0 Å². The van der Waals surface area contributed by atoms with Gasteiger partial charge in [-0.25, -0.2) is 0 Å². The van der Waals surface area contributed by atoms with Gasteiger partial charge in [-0.1, -0.05) is 259 Å². The third-order valence-corrected chi connectivity index (χ3v) is 23.9. The summed E-state index contributed by atoms with van der Waals surface area (Å²) in [6.45, 7) is 6.79. The second-order valence-corrected chi connectivity index (χ2v) is 28.7. The van der Waals surface area contributed by atoms with Crippen LogP contribution in [0.3, 0.4) is 0 Å². The Bertz CT molecular complexity index is 2740. The standard InChI is InChI=1S/C69H89ClS6/c1-4-6-8-10-12-14-16-18-20-22-24-26-28-30-32-34-58-62(60-50-48-56(71-60)46-42-53-38-36-52(3)37-39-53)73-66-64(58)75-69-67-65(76-68(66)69)59(35-33-31-29-27-25-23-21-19-17-15-13-11-9-7-5-2)63(74-67)61-51-49-57(72-61)47-43-54-40-44-55(70)45-41-54/h36-51H,4-35H2,1-3H3/b46-42+,47-43+. The number of benzene rings is 2. The van der Waals surface area contributed by atoms with Gasteiger partial charge in [0, 0.05) is 34.3 Å². The van der Waals surface area contributed by atoms with Gasteiger partial charge in [0.15, 0.2) is 0 Å². The Morgan fingerprint density at radius 3 is 0.987 bits per heavy atom. The lowest BCUT2D eigenvalue weighted by Gasteiger charge is -2.05. The van der Waals surface area contributed by atoms with E-state index in [-0.39, 0.29) is 0 Å². The van der Waals surface area contributed by atoms with Crippen LogP contribution in [0.15, 0.2) is 72.8 Å². The van der Waals surface area contributed by atoms with Gasteiger partial charge in [0.1, 0.15) is 0 Å². The molecule has 0 nitrogen and oxygen atoms in total. The lowest BCUT2D eigenvalue weighted by atomic mass is 10.0. The van der Waals surface area contributed by atoms with Gasteiger partial charge in [0.2, 0.25) is 0 Å². The molecule has 0 saturated carbocycles. The minimum atomic E-state index is 0.783. The highest BCUT2D eigenvalue weighted by Gasteiger charge is 2.26. The molecule has 8 rings (SSSR count). The lowest BCUT2D eigenvalue weighted by molar-refractivity contribution is 0.532. The van der Waals surface area contributed by atoms with Crippen LogP contribution in [0.4, 0.5) is 0 Å². The van der Waals surface area contributed by atoms with E-state index in [9.17, 15) is 0 Å². The zero-order valence-corrected chi connectivity index (χ0v) is 52.3. The van der Waals surface area contributed by atoms with Crippen molar-refractivity contribution in [3.63, 3.8) is 0 Å². The zero-order chi connectivity index (χ0) is 52.6. The van der Waals surface area contributed by atoms with Crippen molar-refractivity contribution in [2.45, 2.75) is 226 Å². The Labute approximate surface area is 489 Å². The van der Waals surface area contributed by atoms with Crippen LogP contribution in [0.5, 0.6) is 0 Å². The molecule has 0 spiro atoms. The summed E-state index contributed by atoms with van der Waals surface area (Å²) >= 11 is 18.6. The molecule has 0 saturated heterocycles. The molecule has 0 fully saturated rings. The molecule has 0 atom stereocenters. The van der Waals surface area contributed by atoms with Gasteiger partial charge >= 0.3 is 0 Å². The van der Waals surface area contributed by atoms with Crippen LogP contribution in [-0.4, -0.2) is 0 Å². The summed E-state index contributed by atoms with van der Waals surface area (Å²) in [6, 6.07) is 26.5. The number of unbranched alkanes of at least 4 members (excludes halogenated alkanes) is 28. The number of fused-ring (bicyclic) bond motifs is 5. The van der Waals surface area contributed by atoms with Crippen LogP contribution in [0, 0.1) is 6.92 Å². The summed E-state index contributed by atoms with van der Waals surface area (Å²) in [5.41, 5.74) is 6.99. The highest BCUT2D eigenvalue weighted by Crippen LogP contribution is 2.56. The van der Waals surface area contributed by atoms with Crippen molar-refractivity contribution in [2.75, 3.05) is 0 Å². The Kier molecular flexibility index (Phi) is 25.8. The third-order valence-electron chi connectivity index (χ3n) is 15.5. The summed E-state index contributed by atoms with van der Waals surface area (Å²) in [5.74, 6) is 0. The Morgan fingerprint density at radius 2 is 0.632 bits per heavy atom. The van der Waals surface area contributed by atoms with Crippen molar-refractivity contribution < 1.29 is 0 Å². The van der Waals surface area contributed by atoms with E-state index in [1.165, 1.54) is 251 Å². The first kappa shape index (κ1) is 59.3. The predicted molar refractivity (Wildman–Crippen MR) is 355 cm³/mol. The van der Waals surface area contributed by atoms with Crippen molar-refractivity contribution >= 4 is 132 Å². The monoisotopic (exact) mass is 1140 g/mol. The third kappa shape index (κ3) is 18.1. The summed E-state index contributed by atoms with van der Waals surface area (Å²) in [4.78, 5) is 8.55. The molecule has 0 unspecified atom stereocenters. The average Bonchev–Trinajstić information content (AvgIpc) is 4.36. The van der Waals surface area contributed by atoms with Crippen molar-refractivity contribution in [1.82, 2.24) is 0 Å². The maximum Gasteiger partial charge on any atom is 0.0651 e. The highest BCUT2D eigenvalue weighted by molar-refractivity contribution is 7.46. The number of halogens is 1. The molecule has 0 aliphatic carbocycles. The molecular formula is C69H89ClS6. The fraction of sp³-hybridized carbons (Fsp3) is 0.507. The fourth-order valence-electron chi connectivity index (χ4n) is 10.9. The maximum absolute atomic E-state index is 6.22. The van der Waals surface area contributed by atoms with Gasteiger partial charge in [-0.3, -0.25) is 0 Å². The van der Waals surface area contributed by atoms with E-state index in [1.54, 1.807) is 39.3 Å². The van der Waals surface area contributed by atoms with E-state index in [1.807, 2.05) is 34.8 Å². The van der Waals surface area contributed by atoms with Gasteiger partial charge in [-0.2, -0.15) is 0 Å². The minimum Gasteiger partial charge on any atom is -0.135 e. The van der Waals surface area contributed by atoms with E-state index >= 15 is 0 Å². The molecule has 0 radical (unpaired) electrons. The summed E-state index contributed by atoms with van der Waals surface area (Å²) in [6.07, 6.45) is 53.5. The molecule has 76 heavy (non-hydrogen) atoms. The Balaban J connectivity index is 0.966. The second kappa shape index (κ2) is 33.1. The van der Waals surface area contributed by atoms with Crippen molar-refractivity contribution in [1.29, 1.82) is 0 Å². The smallest absolute Gasteiger partial charge is 0.0651 e. The van der Waals surface area contributed by atoms with Crippen molar-refractivity contribution in [3.8, 4) is 19.5 Å². The predicted octanol–water partition coefficient (Wildman–Crippen LogP) is 27.0. The maximum atomic E-state index is 6.22. The van der Waals surface area contributed by atoms with Gasteiger partial charge in [-0.05, 0) is 103 Å². The quantitative estimate of drug-likeness (QED) is 0.0338. The van der Waals surface area contributed by atoms with Gasteiger partial charge in [-0.15, -0.1) is 68.0 Å². The van der Waals surface area contributed by atoms with Gasteiger partial charge in [0.05, 0.1) is 28.2 Å². The largest absolute Gasteiger partial charge is 0.135 e. The average molecular weight is 1150 g/mol. The first-order valence-corrected chi connectivity index (χ1v) is 35.6. The van der Waals surface area contributed by atoms with E-state index in [0.717, 1.165) is 5.02 Å². The second-order valence-electron chi connectivity index (χ2n) is 21.9. The van der Waals surface area contributed by atoms with E-state index in [2.05, 4.69) is 151 Å². The van der Waals surface area contributed by atoms with E-state index in [4.69, 9.17) is 11.6 Å². The Morgan fingerprint density at radius 1 is 0.316 bits per heavy atom. The topological polar surface area (TPSA) is 0 Å².